The smallest absolute Gasteiger partial charge is 0.417 e. The molecule has 0 fully saturated rings. The van der Waals surface area contributed by atoms with Gasteiger partial charge in [-0.1, -0.05) is 72.8 Å². The molecule has 6 heteroatoms. The molecule has 1 heterocycles. The van der Waals surface area contributed by atoms with Crippen molar-refractivity contribution in [3.8, 4) is 11.3 Å². The lowest BCUT2D eigenvalue weighted by Gasteiger charge is -2.10. The van der Waals surface area contributed by atoms with Gasteiger partial charge in [-0.25, -0.2) is 0 Å². The van der Waals surface area contributed by atoms with E-state index in [-0.39, 0.29) is 17.1 Å². The zero-order valence-electron chi connectivity index (χ0n) is 16.8. The molecule has 0 saturated heterocycles. The minimum absolute atomic E-state index is 0.0236. The van der Waals surface area contributed by atoms with Gasteiger partial charge in [-0.15, -0.1) is 0 Å². The zero-order valence-corrected chi connectivity index (χ0v) is 16.8. The van der Waals surface area contributed by atoms with Gasteiger partial charge in [-0.05, 0) is 41.5 Å². The van der Waals surface area contributed by atoms with E-state index in [2.05, 4.69) is 5.32 Å². The predicted octanol–water partition coefficient (Wildman–Crippen LogP) is 7.39. The molecule has 3 nitrogen and oxygen atoms in total. The average Bonchev–Trinajstić information content (AvgIpc) is 3.29. The van der Waals surface area contributed by atoms with Crippen LogP contribution in [-0.2, 0) is 6.18 Å². The Morgan fingerprint density at radius 3 is 2.06 bits per heavy atom. The Kier molecular flexibility index (Phi) is 5.94. The highest BCUT2D eigenvalue weighted by Gasteiger charge is 2.34. The first-order valence-corrected chi connectivity index (χ1v) is 9.81. The molecule has 0 unspecified atom stereocenters. The van der Waals surface area contributed by atoms with Crippen molar-refractivity contribution in [2.75, 3.05) is 5.32 Å². The van der Waals surface area contributed by atoms with Crippen molar-refractivity contribution >= 4 is 23.7 Å². The van der Waals surface area contributed by atoms with Gasteiger partial charge in [0.1, 0.15) is 5.76 Å². The van der Waals surface area contributed by atoms with Crippen LogP contribution in [0.15, 0.2) is 95.4 Å². The van der Waals surface area contributed by atoms with Crippen molar-refractivity contribution in [2.45, 2.75) is 6.18 Å². The second-order valence-electron chi connectivity index (χ2n) is 7.03. The van der Waals surface area contributed by atoms with Crippen LogP contribution in [0.3, 0.4) is 0 Å². The summed E-state index contributed by atoms with van der Waals surface area (Å²) in [6, 6.07) is 24.8. The molecule has 1 aromatic heterocycles. The molecule has 0 aliphatic rings. The Hall–Kier alpha value is -4.06. The number of furan rings is 1. The van der Waals surface area contributed by atoms with Crippen molar-refractivity contribution in [3.05, 3.63) is 113 Å². The van der Waals surface area contributed by atoms with E-state index in [0.29, 0.717) is 5.69 Å². The molecule has 160 valence electrons. The van der Waals surface area contributed by atoms with E-state index >= 15 is 0 Å². The standard InChI is InChI=1S/C26H18F3NO2/c27-26(28,29)22-9-5-4-8-21(22)23-16-17-24(32-23)25(31)30-20-14-12-19(13-15-20)11-10-18-6-2-1-3-7-18/h1-17H,(H,30,31)/b11-10+. The van der Waals surface area contributed by atoms with Gasteiger partial charge in [0.2, 0.25) is 0 Å². The van der Waals surface area contributed by atoms with Crippen molar-refractivity contribution < 1.29 is 22.4 Å². The fraction of sp³-hybridized carbons (Fsp3) is 0.0385. The van der Waals surface area contributed by atoms with Crippen LogP contribution >= 0.6 is 0 Å². The first-order valence-electron chi connectivity index (χ1n) is 9.81. The van der Waals surface area contributed by atoms with Gasteiger partial charge in [-0.2, -0.15) is 13.2 Å². The molecule has 4 rings (SSSR count). The summed E-state index contributed by atoms with van der Waals surface area (Å²) < 4.78 is 45.2. The van der Waals surface area contributed by atoms with Crippen molar-refractivity contribution in [1.29, 1.82) is 0 Å². The van der Waals surface area contributed by atoms with E-state index in [1.165, 1.54) is 30.3 Å². The highest BCUT2D eigenvalue weighted by Crippen LogP contribution is 2.37. The molecule has 1 amide bonds. The van der Waals surface area contributed by atoms with Gasteiger partial charge in [0.15, 0.2) is 5.76 Å². The summed E-state index contributed by atoms with van der Waals surface area (Å²) in [5.41, 5.74) is 1.64. The summed E-state index contributed by atoms with van der Waals surface area (Å²) in [5, 5.41) is 2.69. The molecule has 0 atom stereocenters. The Morgan fingerprint density at radius 2 is 1.38 bits per heavy atom. The van der Waals surface area contributed by atoms with E-state index in [1.807, 2.05) is 54.6 Å². The quantitative estimate of drug-likeness (QED) is 0.334. The second kappa shape index (κ2) is 8.98. The molecule has 4 aromatic rings. The lowest BCUT2D eigenvalue weighted by Crippen LogP contribution is -2.10. The normalized spacial score (nSPS) is 11.6. The fourth-order valence-electron chi connectivity index (χ4n) is 3.18. The van der Waals surface area contributed by atoms with E-state index < -0.39 is 17.6 Å². The Bertz CT molecular complexity index is 1240. The van der Waals surface area contributed by atoms with Gasteiger partial charge in [0.25, 0.3) is 5.91 Å². The highest BCUT2D eigenvalue weighted by atomic mass is 19.4. The molecule has 32 heavy (non-hydrogen) atoms. The van der Waals surface area contributed by atoms with Crippen molar-refractivity contribution in [2.24, 2.45) is 0 Å². The molecular weight excluding hydrogens is 415 g/mol. The third kappa shape index (κ3) is 4.98. The second-order valence-corrected chi connectivity index (χ2v) is 7.03. The van der Waals surface area contributed by atoms with Crippen LogP contribution in [0.5, 0.6) is 0 Å². The van der Waals surface area contributed by atoms with Crippen LogP contribution < -0.4 is 5.32 Å². The molecule has 1 N–H and O–H groups in total. The summed E-state index contributed by atoms with van der Waals surface area (Å²) >= 11 is 0. The number of anilines is 1. The van der Waals surface area contributed by atoms with E-state index in [4.69, 9.17) is 4.42 Å². The highest BCUT2D eigenvalue weighted by molar-refractivity contribution is 6.02. The first kappa shape index (κ1) is 21.2. The lowest BCUT2D eigenvalue weighted by atomic mass is 10.1. The Labute approximate surface area is 182 Å². The monoisotopic (exact) mass is 433 g/mol. The summed E-state index contributed by atoms with van der Waals surface area (Å²) in [6.07, 6.45) is -0.586. The number of carbonyl (C=O) groups excluding carboxylic acids is 1. The SMILES string of the molecule is O=C(Nc1ccc(/C=C/c2ccccc2)cc1)c1ccc(-c2ccccc2C(F)(F)F)o1. The summed E-state index contributed by atoms with van der Waals surface area (Å²) in [6.45, 7) is 0. The summed E-state index contributed by atoms with van der Waals surface area (Å²) in [7, 11) is 0. The van der Waals surface area contributed by atoms with Crippen LogP contribution in [0.25, 0.3) is 23.5 Å². The van der Waals surface area contributed by atoms with Gasteiger partial charge < -0.3 is 9.73 Å². The first-order chi connectivity index (χ1) is 15.4. The molecule has 3 aromatic carbocycles. The Balaban J connectivity index is 1.46. The fourth-order valence-corrected chi connectivity index (χ4v) is 3.18. The van der Waals surface area contributed by atoms with Crippen molar-refractivity contribution in [3.63, 3.8) is 0 Å². The van der Waals surface area contributed by atoms with Gasteiger partial charge >= 0.3 is 6.18 Å². The maximum absolute atomic E-state index is 13.2. The molecule has 0 radical (unpaired) electrons. The van der Waals surface area contributed by atoms with Crippen LogP contribution in [0, 0.1) is 0 Å². The number of nitrogens with one attached hydrogen (secondary N) is 1. The molecular formula is C26H18F3NO2. The number of hydrogen-bond donors (Lipinski definition) is 1. The van der Waals surface area contributed by atoms with Crippen LogP contribution in [-0.4, -0.2) is 5.91 Å². The maximum Gasteiger partial charge on any atom is 0.417 e. The number of amides is 1. The number of halogens is 3. The predicted molar refractivity (Wildman–Crippen MR) is 119 cm³/mol. The third-order valence-electron chi connectivity index (χ3n) is 4.76. The molecule has 0 bridgehead atoms. The largest absolute Gasteiger partial charge is 0.451 e. The number of hydrogen-bond acceptors (Lipinski definition) is 2. The van der Waals surface area contributed by atoms with Gasteiger partial charge in [-0.3, -0.25) is 4.79 Å². The minimum atomic E-state index is -4.53. The average molecular weight is 433 g/mol. The summed E-state index contributed by atoms with van der Waals surface area (Å²) in [5.74, 6) is -0.650. The van der Waals surface area contributed by atoms with Gasteiger partial charge in [0.05, 0.1) is 5.56 Å². The van der Waals surface area contributed by atoms with E-state index in [0.717, 1.165) is 17.2 Å². The summed E-state index contributed by atoms with van der Waals surface area (Å²) in [4.78, 5) is 12.5. The maximum atomic E-state index is 13.2. The zero-order chi connectivity index (χ0) is 22.6. The topological polar surface area (TPSA) is 42.2 Å². The Morgan fingerprint density at radius 1 is 0.750 bits per heavy atom. The van der Waals surface area contributed by atoms with Gasteiger partial charge in [0, 0.05) is 11.3 Å². The van der Waals surface area contributed by atoms with Crippen LogP contribution in [0.1, 0.15) is 27.2 Å². The van der Waals surface area contributed by atoms with E-state index in [1.54, 1.807) is 12.1 Å². The molecule has 0 aliphatic heterocycles. The lowest BCUT2D eigenvalue weighted by molar-refractivity contribution is -0.137. The minimum Gasteiger partial charge on any atom is -0.451 e. The third-order valence-corrected chi connectivity index (χ3v) is 4.76. The number of benzene rings is 3. The number of carbonyl (C=O) groups is 1. The van der Waals surface area contributed by atoms with Crippen LogP contribution in [0.2, 0.25) is 0 Å². The molecule has 0 spiro atoms. The van der Waals surface area contributed by atoms with Crippen LogP contribution in [0.4, 0.5) is 18.9 Å². The van der Waals surface area contributed by atoms with Crippen molar-refractivity contribution in [1.82, 2.24) is 0 Å². The van der Waals surface area contributed by atoms with E-state index in [9.17, 15) is 18.0 Å². The number of rotatable bonds is 5. The molecule has 0 aliphatic carbocycles. The number of alkyl halides is 3. The molecule has 0 saturated carbocycles.